The van der Waals surface area contributed by atoms with Gasteiger partial charge in [0, 0.05) is 0 Å². The molecule has 0 saturated carbocycles. The van der Waals surface area contributed by atoms with Gasteiger partial charge >= 0.3 is 0 Å². The van der Waals surface area contributed by atoms with Crippen molar-refractivity contribution in [2.24, 2.45) is 0 Å². The fraction of sp³-hybridized carbons (Fsp3) is 0.385. The monoisotopic (exact) mass is 188 g/mol. The zero-order chi connectivity index (χ0) is 9.97. The van der Waals surface area contributed by atoms with Gasteiger partial charge in [-0.1, -0.05) is 19.1 Å². The van der Waals surface area contributed by atoms with Gasteiger partial charge < -0.3 is 4.74 Å². The lowest BCUT2D eigenvalue weighted by Gasteiger charge is -2.17. The van der Waals surface area contributed by atoms with Gasteiger partial charge in [0.15, 0.2) is 0 Å². The molecule has 1 heteroatoms. The highest BCUT2D eigenvalue weighted by atomic mass is 16.5. The van der Waals surface area contributed by atoms with Crippen molar-refractivity contribution in [1.29, 1.82) is 0 Å². The van der Waals surface area contributed by atoms with Gasteiger partial charge in [-0.2, -0.15) is 0 Å². The van der Waals surface area contributed by atoms with Crippen LogP contribution in [-0.2, 0) is 6.42 Å². The van der Waals surface area contributed by atoms with E-state index in [1.165, 1.54) is 29.5 Å². The molecule has 0 N–H and O–H groups in total. The predicted molar refractivity (Wildman–Crippen MR) is 59.6 cm³/mol. The minimum atomic E-state index is 0.963. The van der Waals surface area contributed by atoms with Crippen molar-refractivity contribution >= 4 is 5.57 Å². The molecular formula is C13H16O. The first-order valence-corrected chi connectivity index (χ1v) is 5.21. The fourth-order valence-corrected chi connectivity index (χ4v) is 2.05. The number of hydrogen-bond acceptors (Lipinski definition) is 1. The van der Waals surface area contributed by atoms with Crippen LogP contribution in [0.4, 0.5) is 0 Å². The molecule has 0 saturated heterocycles. The first kappa shape index (κ1) is 9.32. The van der Waals surface area contributed by atoms with Crippen LogP contribution >= 0.6 is 0 Å². The molecule has 1 aliphatic carbocycles. The Balaban J connectivity index is 2.46. The lowest BCUT2D eigenvalue weighted by molar-refractivity contribution is 0.414. The van der Waals surface area contributed by atoms with Gasteiger partial charge in [-0.3, -0.25) is 0 Å². The van der Waals surface area contributed by atoms with E-state index < -0.39 is 0 Å². The third-order valence-corrected chi connectivity index (χ3v) is 2.85. The molecule has 0 fully saturated rings. The summed E-state index contributed by atoms with van der Waals surface area (Å²) in [7, 11) is 1.72. The smallest absolute Gasteiger partial charge is 0.119 e. The second-order valence-electron chi connectivity index (χ2n) is 3.64. The largest absolute Gasteiger partial charge is 0.497 e. The first-order chi connectivity index (χ1) is 6.85. The number of hydrogen-bond donors (Lipinski definition) is 0. The molecule has 0 heterocycles. The summed E-state index contributed by atoms with van der Waals surface area (Å²) in [6.45, 7) is 2.21. The molecule has 74 valence electrons. The Morgan fingerprint density at radius 1 is 1.36 bits per heavy atom. The summed E-state index contributed by atoms with van der Waals surface area (Å²) in [5.74, 6) is 0.963. The van der Waals surface area contributed by atoms with Crippen LogP contribution in [0.1, 0.15) is 30.9 Å². The Morgan fingerprint density at radius 2 is 2.21 bits per heavy atom. The zero-order valence-corrected chi connectivity index (χ0v) is 8.84. The van der Waals surface area contributed by atoms with Crippen LogP contribution < -0.4 is 4.74 Å². The Morgan fingerprint density at radius 3 is 2.93 bits per heavy atom. The van der Waals surface area contributed by atoms with E-state index in [0.29, 0.717) is 0 Å². The van der Waals surface area contributed by atoms with E-state index in [2.05, 4.69) is 31.2 Å². The standard InChI is InChI=1S/C13H16O/c1-3-10-5-4-6-11-7-8-12(14-2)9-13(10)11/h5,7-9H,3-4,6H2,1-2H3. The van der Waals surface area contributed by atoms with Crippen LogP contribution in [0, 0.1) is 0 Å². The van der Waals surface area contributed by atoms with E-state index in [4.69, 9.17) is 4.74 Å². The summed E-state index contributed by atoms with van der Waals surface area (Å²) >= 11 is 0. The van der Waals surface area contributed by atoms with Crippen molar-refractivity contribution in [1.82, 2.24) is 0 Å². The molecule has 0 atom stereocenters. The van der Waals surface area contributed by atoms with Gasteiger partial charge in [0.2, 0.25) is 0 Å². The molecule has 1 aromatic carbocycles. The average molecular weight is 188 g/mol. The van der Waals surface area contributed by atoms with Gasteiger partial charge in [0.05, 0.1) is 7.11 Å². The third kappa shape index (κ3) is 1.54. The summed E-state index contributed by atoms with van der Waals surface area (Å²) in [6.07, 6.45) is 5.81. The second-order valence-corrected chi connectivity index (χ2v) is 3.64. The van der Waals surface area contributed by atoms with Gasteiger partial charge in [-0.05, 0) is 48.1 Å². The Hall–Kier alpha value is -1.24. The molecule has 0 aromatic heterocycles. The lowest BCUT2D eigenvalue weighted by Crippen LogP contribution is -1.99. The molecule has 0 amide bonds. The molecule has 2 rings (SSSR count). The van der Waals surface area contributed by atoms with Crippen LogP contribution in [0.3, 0.4) is 0 Å². The van der Waals surface area contributed by atoms with E-state index in [-0.39, 0.29) is 0 Å². The van der Waals surface area contributed by atoms with E-state index in [9.17, 15) is 0 Å². The SMILES string of the molecule is CCC1=CCCc2ccc(OC)cc21. The van der Waals surface area contributed by atoms with Crippen molar-refractivity contribution < 1.29 is 4.74 Å². The number of allylic oxidation sites excluding steroid dienone is 2. The number of ether oxygens (including phenoxy) is 1. The van der Waals surface area contributed by atoms with E-state index in [1.807, 2.05) is 0 Å². The van der Waals surface area contributed by atoms with E-state index in [0.717, 1.165) is 12.2 Å². The van der Waals surface area contributed by atoms with Crippen molar-refractivity contribution in [3.63, 3.8) is 0 Å². The van der Waals surface area contributed by atoms with Gasteiger partial charge in [-0.25, -0.2) is 0 Å². The Bertz CT molecular complexity index is 363. The van der Waals surface area contributed by atoms with Gasteiger partial charge in [-0.15, -0.1) is 0 Å². The molecular weight excluding hydrogens is 172 g/mol. The quantitative estimate of drug-likeness (QED) is 0.690. The highest BCUT2D eigenvalue weighted by Crippen LogP contribution is 2.31. The van der Waals surface area contributed by atoms with Crippen LogP contribution in [0.25, 0.3) is 5.57 Å². The summed E-state index contributed by atoms with van der Waals surface area (Å²) < 4.78 is 5.25. The lowest BCUT2D eigenvalue weighted by atomic mass is 9.89. The highest BCUT2D eigenvalue weighted by molar-refractivity contribution is 5.71. The summed E-state index contributed by atoms with van der Waals surface area (Å²) in [4.78, 5) is 0. The third-order valence-electron chi connectivity index (χ3n) is 2.85. The van der Waals surface area contributed by atoms with Gasteiger partial charge in [0.25, 0.3) is 0 Å². The van der Waals surface area contributed by atoms with E-state index >= 15 is 0 Å². The maximum absolute atomic E-state index is 5.25. The summed E-state index contributed by atoms with van der Waals surface area (Å²) in [6, 6.07) is 6.40. The number of aryl methyl sites for hydroxylation is 1. The van der Waals surface area contributed by atoms with Crippen LogP contribution in [0.5, 0.6) is 5.75 Å². The molecule has 1 nitrogen and oxygen atoms in total. The molecule has 0 radical (unpaired) electrons. The number of benzene rings is 1. The van der Waals surface area contributed by atoms with E-state index in [1.54, 1.807) is 7.11 Å². The molecule has 0 spiro atoms. The first-order valence-electron chi connectivity index (χ1n) is 5.21. The van der Waals surface area contributed by atoms with Crippen LogP contribution in [0.15, 0.2) is 24.3 Å². The molecule has 0 bridgehead atoms. The number of fused-ring (bicyclic) bond motifs is 1. The summed E-state index contributed by atoms with van der Waals surface area (Å²) in [5.41, 5.74) is 4.31. The maximum Gasteiger partial charge on any atom is 0.119 e. The summed E-state index contributed by atoms with van der Waals surface area (Å²) in [5, 5.41) is 0. The second kappa shape index (κ2) is 3.87. The topological polar surface area (TPSA) is 9.23 Å². The Labute approximate surface area is 85.4 Å². The fourth-order valence-electron chi connectivity index (χ4n) is 2.05. The van der Waals surface area contributed by atoms with Crippen LogP contribution in [-0.4, -0.2) is 7.11 Å². The normalized spacial score (nSPS) is 14.6. The van der Waals surface area contributed by atoms with Crippen molar-refractivity contribution in [2.75, 3.05) is 7.11 Å². The van der Waals surface area contributed by atoms with Crippen molar-refractivity contribution in [3.8, 4) is 5.75 Å². The zero-order valence-electron chi connectivity index (χ0n) is 8.84. The van der Waals surface area contributed by atoms with Crippen molar-refractivity contribution in [3.05, 3.63) is 35.4 Å². The molecule has 0 aliphatic heterocycles. The van der Waals surface area contributed by atoms with Crippen molar-refractivity contribution in [2.45, 2.75) is 26.2 Å². The molecule has 14 heavy (non-hydrogen) atoms. The highest BCUT2D eigenvalue weighted by Gasteiger charge is 2.11. The minimum absolute atomic E-state index is 0.963. The van der Waals surface area contributed by atoms with Gasteiger partial charge in [0.1, 0.15) is 5.75 Å². The molecule has 1 aromatic rings. The Kier molecular flexibility index (Phi) is 2.58. The molecule has 1 aliphatic rings. The number of methoxy groups -OCH3 is 1. The predicted octanol–water partition coefficient (Wildman–Crippen LogP) is 3.43. The molecule has 0 unspecified atom stereocenters. The maximum atomic E-state index is 5.25. The number of rotatable bonds is 2. The average Bonchev–Trinajstić information content (AvgIpc) is 2.27. The van der Waals surface area contributed by atoms with Crippen LogP contribution in [0.2, 0.25) is 0 Å². The minimum Gasteiger partial charge on any atom is -0.497 e.